The molecule has 5 aliphatic rings. The molecule has 0 N–H and O–H groups in total. The van der Waals surface area contributed by atoms with Gasteiger partial charge in [0.05, 0.1) is 11.5 Å². The van der Waals surface area contributed by atoms with Gasteiger partial charge >= 0.3 is 0 Å². The summed E-state index contributed by atoms with van der Waals surface area (Å²) in [6.07, 6.45) is 17.6. The first-order valence-corrected chi connectivity index (χ1v) is 11.7. The Labute approximate surface area is 141 Å². The topological polar surface area (TPSA) is 34.1 Å². The Morgan fingerprint density at radius 2 is 1.61 bits per heavy atom. The predicted octanol–water partition coefficient (Wildman–Crippen LogP) is 4.36. The number of rotatable bonds is 0. The van der Waals surface area contributed by atoms with Crippen molar-refractivity contribution in [3.05, 3.63) is 12.2 Å². The third kappa shape index (κ3) is 1.95. The summed E-state index contributed by atoms with van der Waals surface area (Å²) in [4.78, 5) is 0. The molecule has 6 atom stereocenters. The molecule has 128 valence electrons. The van der Waals surface area contributed by atoms with Crippen molar-refractivity contribution in [3.8, 4) is 0 Å². The summed E-state index contributed by atoms with van der Waals surface area (Å²) in [5, 5.41) is 0. The van der Waals surface area contributed by atoms with Gasteiger partial charge in [-0.25, -0.2) is 8.42 Å². The summed E-state index contributed by atoms with van der Waals surface area (Å²) in [5.41, 5.74) is 0.200. The Morgan fingerprint density at radius 1 is 0.826 bits per heavy atom. The molecule has 0 aromatic rings. The van der Waals surface area contributed by atoms with Crippen LogP contribution >= 0.6 is 0 Å². The molecular weight excluding hydrogens is 304 g/mol. The lowest BCUT2D eigenvalue weighted by Crippen LogP contribution is -2.58. The van der Waals surface area contributed by atoms with Crippen LogP contribution in [0.1, 0.15) is 64.2 Å². The fourth-order valence-electron chi connectivity index (χ4n) is 7.98. The zero-order valence-corrected chi connectivity index (χ0v) is 15.0. The highest BCUT2D eigenvalue weighted by molar-refractivity contribution is 7.91. The Morgan fingerprint density at radius 3 is 2.52 bits per heavy atom. The molecular formula is C20H30O2S. The summed E-state index contributed by atoms with van der Waals surface area (Å²) in [6.45, 7) is 0. The molecule has 3 saturated carbocycles. The van der Waals surface area contributed by atoms with Crippen molar-refractivity contribution in [2.75, 3.05) is 11.5 Å². The van der Waals surface area contributed by atoms with Gasteiger partial charge in [-0.3, -0.25) is 0 Å². The maximum atomic E-state index is 12.8. The lowest BCUT2D eigenvalue weighted by atomic mass is 9.41. The van der Waals surface area contributed by atoms with Crippen molar-refractivity contribution >= 4 is 9.84 Å². The number of sulfone groups is 1. The molecule has 0 bridgehead atoms. The largest absolute Gasteiger partial charge is 0.229 e. The molecule has 23 heavy (non-hydrogen) atoms. The van der Waals surface area contributed by atoms with E-state index in [2.05, 4.69) is 12.2 Å². The minimum Gasteiger partial charge on any atom is -0.229 e. The number of allylic oxidation sites excluding steroid dienone is 2. The molecule has 3 heteroatoms. The van der Waals surface area contributed by atoms with Crippen molar-refractivity contribution in [1.29, 1.82) is 0 Å². The third-order valence-electron chi connectivity index (χ3n) is 8.66. The zero-order valence-electron chi connectivity index (χ0n) is 14.2. The van der Waals surface area contributed by atoms with E-state index in [0.29, 0.717) is 17.4 Å². The second-order valence-electron chi connectivity index (χ2n) is 9.46. The van der Waals surface area contributed by atoms with Crippen molar-refractivity contribution in [2.45, 2.75) is 64.2 Å². The van der Waals surface area contributed by atoms with Crippen molar-refractivity contribution in [3.63, 3.8) is 0 Å². The van der Waals surface area contributed by atoms with Crippen LogP contribution in [0, 0.1) is 34.5 Å². The summed E-state index contributed by atoms with van der Waals surface area (Å²) < 4.78 is 25.5. The highest BCUT2D eigenvalue weighted by Crippen LogP contribution is 2.70. The van der Waals surface area contributed by atoms with E-state index in [1.807, 2.05) is 0 Å². The van der Waals surface area contributed by atoms with E-state index in [9.17, 15) is 8.42 Å². The SMILES string of the molecule is O=S1(=O)C[C@]23CC=CC[C@]2(C1)[C@H]1[C@@H](CC[C@H]2CCCC[C@H]21)CC3. The van der Waals surface area contributed by atoms with Crippen LogP contribution in [0.25, 0.3) is 0 Å². The van der Waals surface area contributed by atoms with Crippen LogP contribution < -0.4 is 0 Å². The molecule has 0 unspecified atom stereocenters. The normalized spacial score (nSPS) is 53.7. The lowest BCUT2D eigenvalue weighted by molar-refractivity contribution is -0.125. The second kappa shape index (κ2) is 4.86. The minimum atomic E-state index is -2.86. The number of fused-ring (bicyclic) bond motifs is 3. The third-order valence-corrected chi connectivity index (χ3v) is 10.6. The quantitative estimate of drug-likeness (QED) is 0.617. The first kappa shape index (κ1) is 15.0. The molecule has 5 rings (SSSR count). The van der Waals surface area contributed by atoms with Gasteiger partial charge < -0.3 is 0 Å². The van der Waals surface area contributed by atoms with Crippen LogP contribution in [-0.2, 0) is 9.84 Å². The van der Waals surface area contributed by atoms with Crippen LogP contribution in [0.5, 0.6) is 0 Å². The average molecular weight is 335 g/mol. The minimum absolute atomic E-state index is 0.0983. The maximum absolute atomic E-state index is 12.8. The standard InChI is InChI=1S/C20H30O2S/c21-23(22)13-19-10-3-4-11-20(19,14-23)18-16(9-12-19)8-7-15-5-1-2-6-17(15)18/h3-4,15-18H,1-2,5-14H2/t15-,16+,17-,18+,19-,20+/m1/s1. The van der Waals surface area contributed by atoms with Crippen molar-refractivity contribution < 1.29 is 8.42 Å². The molecule has 0 amide bonds. The molecule has 1 saturated heterocycles. The van der Waals surface area contributed by atoms with Gasteiger partial charge in [-0.1, -0.05) is 31.4 Å². The highest BCUT2D eigenvalue weighted by atomic mass is 32.2. The van der Waals surface area contributed by atoms with E-state index in [1.165, 1.54) is 51.4 Å². The van der Waals surface area contributed by atoms with E-state index in [-0.39, 0.29) is 10.8 Å². The monoisotopic (exact) mass is 334 g/mol. The molecule has 0 aromatic heterocycles. The van der Waals surface area contributed by atoms with Crippen LogP contribution in [0.15, 0.2) is 12.2 Å². The van der Waals surface area contributed by atoms with E-state index in [0.717, 1.165) is 30.6 Å². The predicted molar refractivity (Wildman–Crippen MR) is 92.8 cm³/mol. The highest BCUT2D eigenvalue weighted by Gasteiger charge is 2.68. The average Bonchev–Trinajstić information content (AvgIpc) is 2.80. The number of hydrogen-bond donors (Lipinski definition) is 0. The molecule has 0 aromatic carbocycles. The van der Waals surface area contributed by atoms with Gasteiger partial charge in [0.1, 0.15) is 0 Å². The lowest BCUT2D eigenvalue weighted by Gasteiger charge is -2.63. The molecule has 1 heterocycles. The van der Waals surface area contributed by atoms with Crippen molar-refractivity contribution in [1.82, 2.24) is 0 Å². The summed E-state index contributed by atoms with van der Waals surface area (Å²) in [6, 6.07) is 0. The van der Waals surface area contributed by atoms with E-state index in [1.54, 1.807) is 0 Å². The van der Waals surface area contributed by atoms with Gasteiger partial charge in [-0.15, -0.1) is 0 Å². The van der Waals surface area contributed by atoms with E-state index >= 15 is 0 Å². The van der Waals surface area contributed by atoms with E-state index in [4.69, 9.17) is 0 Å². The van der Waals surface area contributed by atoms with Gasteiger partial charge in [0, 0.05) is 0 Å². The maximum Gasteiger partial charge on any atom is 0.151 e. The molecule has 2 nitrogen and oxygen atoms in total. The van der Waals surface area contributed by atoms with Gasteiger partial charge in [-0.2, -0.15) is 0 Å². The second-order valence-corrected chi connectivity index (χ2v) is 11.5. The van der Waals surface area contributed by atoms with Gasteiger partial charge in [0.2, 0.25) is 0 Å². The summed E-state index contributed by atoms with van der Waals surface area (Å²) in [5.74, 6) is 4.27. The fraction of sp³-hybridized carbons (Fsp3) is 0.900. The Kier molecular flexibility index (Phi) is 3.17. The summed E-state index contributed by atoms with van der Waals surface area (Å²) in [7, 11) is -2.86. The molecule has 0 radical (unpaired) electrons. The first-order chi connectivity index (χ1) is 11.1. The van der Waals surface area contributed by atoms with Crippen molar-refractivity contribution in [2.24, 2.45) is 34.5 Å². The molecule has 0 spiro atoms. The van der Waals surface area contributed by atoms with Gasteiger partial charge in [0.15, 0.2) is 9.84 Å². The first-order valence-electron chi connectivity index (χ1n) is 9.91. The molecule has 4 aliphatic carbocycles. The van der Waals surface area contributed by atoms with Crippen LogP contribution in [0.2, 0.25) is 0 Å². The van der Waals surface area contributed by atoms with Gasteiger partial charge in [0.25, 0.3) is 0 Å². The molecule has 1 aliphatic heterocycles. The smallest absolute Gasteiger partial charge is 0.151 e. The Balaban J connectivity index is 1.64. The Hall–Kier alpha value is -0.310. The van der Waals surface area contributed by atoms with Crippen LogP contribution in [-0.4, -0.2) is 19.9 Å². The number of hydrogen-bond acceptors (Lipinski definition) is 2. The zero-order chi connectivity index (χ0) is 15.7. The van der Waals surface area contributed by atoms with Crippen LogP contribution in [0.3, 0.4) is 0 Å². The van der Waals surface area contributed by atoms with Crippen LogP contribution in [0.4, 0.5) is 0 Å². The molecule has 4 fully saturated rings. The summed E-state index contributed by atoms with van der Waals surface area (Å²) >= 11 is 0. The Bertz CT molecular complexity index is 636. The van der Waals surface area contributed by atoms with E-state index < -0.39 is 9.84 Å². The fourth-order valence-corrected chi connectivity index (χ4v) is 10.9. The van der Waals surface area contributed by atoms with Gasteiger partial charge in [-0.05, 0) is 79.4 Å².